The molecule has 33 heavy (non-hydrogen) atoms. The fraction of sp³-hybridized carbons (Fsp3) is 0.130. The van der Waals surface area contributed by atoms with E-state index in [2.05, 4.69) is 46.8 Å². The average Bonchev–Trinajstić information content (AvgIpc) is 3.24. The summed E-state index contributed by atoms with van der Waals surface area (Å²) in [7, 11) is 0. The van der Waals surface area contributed by atoms with Crippen molar-refractivity contribution in [2.75, 3.05) is 0 Å². The number of amides is 1. The molecule has 10 nitrogen and oxygen atoms in total. The molecule has 0 bridgehead atoms. The van der Waals surface area contributed by atoms with Crippen LogP contribution in [0.2, 0.25) is 0 Å². The number of aromatic nitrogens is 7. The van der Waals surface area contributed by atoms with Crippen molar-refractivity contribution in [2.45, 2.75) is 20.4 Å². The summed E-state index contributed by atoms with van der Waals surface area (Å²) >= 11 is 0. The van der Waals surface area contributed by atoms with Gasteiger partial charge in [-0.3, -0.25) is 19.7 Å². The lowest BCUT2D eigenvalue weighted by molar-refractivity contribution is -0.120. The van der Waals surface area contributed by atoms with Crippen molar-refractivity contribution in [1.29, 1.82) is 0 Å². The Morgan fingerprint density at radius 3 is 2.82 bits per heavy atom. The van der Waals surface area contributed by atoms with E-state index in [1.807, 2.05) is 19.1 Å². The Balaban J connectivity index is 1.48. The van der Waals surface area contributed by atoms with Crippen molar-refractivity contribution in [3.63, 3.8) is 0 Å². The number of rotatable bonds is 7. The Morgan fingerprint density at radius 1 is 1.18 bits per heavy atom. The molecule has 4 aromatic rings. The van der Waals surface area contributed by atoms with Gasteiger partial charge in [0.05, 0.1) is 18.2 Å². The predicted octanol–water partition coefficient (Wildman–Crippen LogP) is 2.75. The van der Waals surface area contributed by atoms with Gasteiger partial charge in [0.25, 0.3) is 0 Å². The van der Waals surface area contributed by atoms with Crippen LogP contribution in [-0.2, 0) is 11.3 Å². The van der Waals surface area contributed by atoms with Gasteiger partial charge in [-0.25, -0.2) is 19.9 Å². The second-order valence-corrected chi connectivity index (χ2v) is 7.05. The monoisotopic (exact) mass is 439 g/mol. The lowest BCUT2D eigenvalue weighted by Gasteiger charge is -2.07. The fourth-order valence-electron chi connectivity index (χ4n) is 3.10. The molecule has 164 valence electrons. The molecule has 0 aliphatic rings. The van der Waals surface area contributed by atoms with E-state index in [-0.39, 0.29) is 12.5 Å². The smallest absolute Gasteiger partial charge is 0.245 e. The Kier molecular flexibility index (Phi) is 6.35. The average molecular weight is 439 g/mol. The second-order valence-electron chi connectivity index (χ2n) is 7.05. The number of nitrogens with one attached hydrogen (secondary N) is 1. The maximum absolute atomic E-state index is 12.7. The zero-order valence-corrected chi connectivity index (χ0v) is 18.2. The third kappa shape index (κ3) is 5.01. The van der Waals surface area contributed by atoms with Crippen molar-refractivity contribution >= 4 is 28.9 Å². The van der Waals surface area contributed by atoms with E-state index < -0.39 is 0 Å². The van der Waals surface area contributed by atoms with E-state index in [4.69, 9.17) is 0 Å². The van der Waals surface area contributed by atoms with Crippen LogP contribution in [0.3, 0.4) is 0 Å². The Morgan fingerprint density at radius 2 is 2.06 bits per heavy atom. The van der Waals surface area contributed by atoms with E-state index in [0.29, 0.717) is 33.9 Å². The maximum Gasteiger partial charge on any atom is 0.245 e. The zero-order chi connectivity index (χ0) is 23.2. The minimum Gasteiger partial charge on any atom is -0.309 e. The molecule has 0 saturated heterocycles. The summed E-state index contributed by atoms with van der Waals surface area (Å²) in [6.45, 7) is 7.63. The van der Waals surface area contributed by atoms with E-state index in [1.165, 1.54) is 12.5 Å². The molecule has 0 spiro atoms. The number of hydrogen-bond acceptors (Lipinski definition) is 8. The first kappa shape index (κ1) is 21.6. The molecule has 0 unspecified atom stereocenters. The van der Waals surface area contributed by atoms with Crippen molar-refractivity contribution in [1.82, 2.24) is 39.8 Å². The van der Waals surface area contributed by atoms with Gasteiger partial charge in [0.1, 0.15) is 29.9 Å². The van der Waals surface area contributed by atoms with Crippen LogP contribution >= 0.6 is 0 Å². The topological polar surface area (TPSA) is 124 Å². The number of imidazole rings is 1. The molecular weight excluding hydrogens is 418 g/mol. The summed E-state index contributed by atoms with van der Waals surface area (Å²) in [5, 5.41) is 2.78. The number of allylic oxidation sites excluding steroid dienone is 2. The van der Waals surface area contributed by atoms with Crippen LogP contribution in [0.5, 0.6) is 0 Å². The molecule has 4 rings (SSSR count). The number of hydrogen-bond donors (Lipinski definition) is 1. The molecule has 0 fully saturated rings. The molecule has 0 aromatic carbocycles. The van der Waals surface area contributed by atoms with Gasteiger partial charge in [0.15, 0.2) is 5.65 Å². The molecule has 0 aliphatic heterocycles. The van der Waals surface area contributed by atoms with Crippen LogP contribution < -0.4 is 5.32 Å². The summed E-state index contributed by atoms with van der Waals surface area (Å²) in [5.41, 5.74) is 4.80. The van der Waals surface area contributed by atoms with E-state index in [1.54, 1.807) is 48.7 Å². The quantitative estimate of drug-likeness (QED) is 0.439. The molecule has 0 atom stereocenters. The summed E-state index contributed by atoms with van der Waals surface area (Å²) in [6, 6.07) is 3.80. The van der Waals surface area contributed by atoms with E-state index >= 15 is 0 Å². The molecule has 1 N–H and O–H groups in total. The van der Waals surface area contributed by atoms with Gasteiger partial charge in [-0.2, -0.15) is 0 Å². The molecule has 0 saturated carbocycles. The van der Waals surface area contributed by atoms with Crippen molar-refractivity contribution in [2.24, 2.45) is 4.99 Å². The number of fused-ring (bicyclic) bond motifs is 1. The number of carbonyl (C=O) groups excluding carboxylic acids is 1. The minimum absolute atomic E-state index is 0.0142. The number of nitrogens with zero attached hydrogens (tertiary/aromatic N) is 8. The zero-order valence-electron chi connectivity index (χ0n) is 18.2. The van der Waals surface area contributed by atoms with Gasteiger partial charge in [0.2, 0.25) is 5.91 Å². The first-order chi connectivity index (χ1) is 16.0. The molecule has 1 amide bonds. The highest BCUT2D eigenvalue weighted by molar-refractivity contribution is 6.08. The molecule has 0 aliphatic carbocycles. The van der Waals surface area contributed by atoms with Crippen molar-refractivity contribution in [3.8, 4) is 11.3 Å². The Hall–Kier alpha value is -4.60. The van der Waals surface area contributed by atoms with Gasteiger partial charge >= 0.3 is 0 Å². The highest BCUT2D eigenvalue weighted by Gasteiger charge is 2.14. The van der Waals surface area contributed by atoms with Crippen molar-refractivity contribution < 1.29 is 4.79 Å². The number of carbonyl (C=O) groups is 1. The minimum atomic E-state index is -0.274. The van der Waals surface area contributed by atoms with Gasteiger partial charge < -0.3 is 9.88 Å². The van der Waals surface area contributed by atoms with Crippen LogP contribution in [0.25, 0.3) is 28.0 Å². The molecule has 10 heteroatoms. The SMILES string of the molecule is C=C(/C=N\C(=C/C)NC(=O)Cn1cnc2c(-c3ccnc(C)c3)ncnc21)c1cnccn1. The summed E-state index contributed by atoms with van der Waals surface area (Å²) in [4.78, 5) is 42.5. The number of pyridine rings is 1. The first-order valence-electron chi connectivity index (χ1n) is 10.1. The van der Waals surface area contributed by atoms with Crippen LogP contribution in [0, 0.1) is 6.92 Å². The lowest BCUT2D eigenvalue weighted by Crippen LogP contribution is -2.26. The lowest BCUT2D eigenvalue weighted by atomic mass is 10.1. The van der Waals surface area contributed by atoms with Crippen LogP contribution in [-0.4, -0.2) is 46.6 Å². The fourth-order valence-corrected chi connectivity index (χ4v) is 3.10. The Labute approximate surface area is 189 Å². The predicted molar refractivity (Wildman–Crippen MR) is 125 cm³/mol. The van der Waals surface area contributed by atoms with E-state index in [0.717, 1.165) is 11.3 Å². The summed E-state index contributed by atoms with van der Waals surface area (Å²) in [5.74, 6) is 0.113. The van der Waals surface area contributed by atoms with Gasteiger partial charge in [-0.15, -0.1) is 0 Å². The largest absolute Gasteiger partial charge is 0.309 e. The third-order valence-corrected chi connectivity index (χ3v) is 4.68. The summed E-state index contributed by atoms with van der Waals surface area (Å²) < 4.78 is 1.67. The van der Waals surface area contributed by atoms with E-state index in [9.17, 15) is 4.79 Å². The normalized spacial score (nSPS) is 11.8. The van der Waals surface area contributed by atoms with Crippen LogP contribution in [0.15, 0.2) is 73.0 Å². The van der Waals surface area contributed by atoms with Crippen LogP contribution in [0.4, 0.5) is 0 Å². The number of aliphatic imine (C=N–C) groups is 1. The highest BCUT2D eigenvalue weighted by atomic mass is 16.2. The summed E-state index contributed by atoms with van der Waals surface area (Å²) in [6.07, 6.45) is 12.7. The highest BCUT2D eigenvalue weighted by Crippen LogP contribution is 2.24. The molecule has 0 radical (unpaired) electrons. The van der Waals surface area contributed by atoms with Gasteiger partial charge in [0, 0.05) is 41.6 Å². The Bertz CT molecular complexity index is 1370. The molecule has 4 aromatic heterocycles. The molecule has 4 heterocycles. The number of aryl methyl sites for hydroxylation is 1. The second kappa shape index (κ2) is 9.69. The van der Waals surface area contributed by atoms with Gasteiger partial charge in [-0.1, -0.05) is 6.58 Å². The molecular formula is C23H21N9O. The standard InChI is InChI=1S/C23H21N9O/c1-4-19(27-10-15(2)18-11-24-7-8-26-18)31-20(33)12-32-14-30-22-21(28-13-29-23(22)32)17-5-6-25-16(3)9-17/h4-11,13-14H,2,12H2,1,3H3,(H,31,33)/b19-4+,27-10-. The van der Waals surface area contributed by atoms with Gasteiger partial charge in [-0.05, 0) is 32.1 Å². The maximum atomic E-state index is 12.7. The third-order valence-electron chi connectivity index (χ3n) is 4.68. The first-order valence-corrected chi connectivity index (χ1v) is 10.1. The van der Waals surface area contributed by atoms with Crippen molar-refractivity contribution in [3.05, 3.63) is 79.4 Å². The van der Waals surface area contributed by atoms with Crippen LogP contribution in [0.1, 0.15) is 18.3 Å².